The molecular weight excluding hydrogens is 274 g/mol. The molecule has 0 aliphatic carbocycles. The number of benzene rings is 1. The van der Waals surface area contributed by atoms with E-state index in [1.54, 1.807) is 0 Å². The Morgan fingerprint density at radius 1 is 1.25 bits per heavy atom. The molecule has 1 aliphatic rings. The Bertz CT molecular complexity index is 667. The summed E-state index contributed by atoms with van der Waals surface area (Å²) >= 11 is 5.10. The second-order valence-corrected chi connectivity index (χ2v) is 5.39. The zero-order chi connectivity index (χ0) is 14.3. The van der Waals surface area contributed by atoms with Crippen molar-refractivity contribution in [2.45, 2.75) is 12.2 Å². The summed E-state index contributed by atoms with van der Waals surface area (Å²) in [5, 5.41) is 20.2. The van der Waals surface area contributed by atoms with Gasteiger partial charge in [0, 0.05) is 24.0 Å². The summed E-state index contributed by atoms with van der Waals surface area (Å²) in [5.74, 6) is 0.669. The van der Waals surface area contributed by atoms with Crippen molar-refractivity contribution in [3.8, 4) is 0 Å². The molecule has 2 unspecified atom stereocenters. The molecular formula is C14H15N3O2S. The predicted molar refractivity (Wildman–Crippen MR) is 81.9 cm³/mol. The molecule has 1 aliphatic heterocycles. The number of nitrogens with two attached hydrogens (primary N) is 1. The summed E-state index contributed by atoms with van der Waals surface area (Å²) in [7, 11) is 0. The zero-order valence-electron chi connectivity index (χ0n) is 10.7. The minimum absolute atomic E-state index is 0.310. The normalized spacial score (nSPS) is 22.4. The Balaban J connectivity index is 2.11. The van der Waals surface area contributed by atoms with E-state index in [4.69, 9.17) is 18.0 Å². The van der Waals surface area contributed by atoms with Gasteiger partial charge in [-0.15, -0.1) is 0 Å². The van der Waals surface area contributed by atoms with E-state index < -0.39 is 12.2 Å². The van der Waals surface area contributed by atoms with E-state index in [-0.39, 0.29) is 0 Å². The van der Waals surface area contributed by atoms with Crippen molar-refractivity contribution in [3.05, 3.63) is 35.9 Å². The molecule has 1 fully saturated rings. The van der Waals surface area contributed by atoms with Gasteiger partial charge in [-0.2, -0.15) is 0 Å². The number of fused-ring (bicyclic) bond motifs is 1. The molecule has 0 amide bonds. The van der Waals surface area contributed by atoms with Crippen LogP contribution in [0, 0.1) is 0 Å². The molecule has 2 atom stereocenters. The SMILES string of the molecule is NC(=S)c1cc(N2CC(O)C(O)C2)nc2ccccc12. The predicted octanol–water partition coefficient (Wildman–Crippen LogP) is 0.411. The maximum Gasteiger partial charge on any atom is 0.130 e. The molecule has 3 rings (SSSR count). The average Bonchev–Trinajstić information content (AvgIpc) is 2.77. The molecule has 2 aromatic rings. The van der Waals surface area contributed by atoms with Gasteiger partial charge >= 0.3 is 0 Å². The number of para-hydroxylation sites is 1. The van der Waals surface area contributed by atoms with Crippen molar-refractivity contribution in [1.82, 2.24) is 4.98 Å². The number of aromatic nitrogens is 1. The Morgan fingerprint density at radius 3 is 2.55 bits per heavy atom. The van der Waals surface area contributed by atoms with Crippen LogP contribution in [-0.4, -0.2) is 45.5 Å². The van der Waals surface area contributed by atoms with Crippen LogP contribution in [0.5, 0.6) is 0 Å². The van der Waals surface area contributed by atoms with Crippen LogP contribution in [0.4, 0.5) is 5.82 Å². The highest BCUT2D eigenvalue weighted by Crippen LogP contribution is 2.25. The molecule has 0 bridgehead atoms. The van der Waals surface area contributed by atoms with Gasteiger partial charge in [-0.3, -0.25) is 0 Å². The highest BCUT2D eigenvalue weighted by Gasteiger charge is 2.30. The number of aliphatic hydroxyl groups excluding tert-OH is 2. The molecule has 1 saturated heterocycles. The highest BCUT2D eigenvalue weighted by molar-refractivity contribution is 7.80. The van der Waals surface area contributed by atoms with Gasteiger partial charge < -0.3 is 20.8 Å². The number of anilines is 1. The number of aliphatic hydroxyl groups is 2. The van der Waals surface area contributed by atoms with Gasteiger partial charge in [-0.05, 0) is 12.1 Å². The maximum atomic E-state index is 9.65. The number of hydrogen-bond acceptors (Lipinski definition) is 5. The lowest BCUT2D eigenvalue weighted by Gasteiger charge is -2.18. The van der Waals surface area contributed by atoms with Crippen LogP contribution in [0.15, 0.2) is 30.3 Å². The number of thiocarbonyl (C=S) groups is 1. The van der Waals surface area contributed by atoms with E-state index in [0.29, 0.717) is 23.9 Å². The van der Waals surface area contributed by atoms with Gasteiger partial charge in [0.2, 0.25) is 0 Å². The third-order valence-electron chi connectivity index (χ3n) is 3.55. The van der Waals surface area contributed by atoms with Gasteiger partial charge in [0.05, 0.1) is 17.7 Å². The van der Waals surface area contributed by atoms with E-state index in [0.717, 1.165) is 16.5 Å². The average molecular weight is 289 g/mol. The zero-order valence-corrected chi connectivity index (χ0v) is 11.5. The summed E-state index contributed by atoms with van der Waals surface area (Å²) in [6, 6.07) is 9.44. The Labute approximate surface area is 121 Å². The standard InChI is InChI=1S/C14H15N3O2S/c15-14(20)9-5-13(17-6-11(18)12(19)7-17)16-10-4-2-1-3-8(9)10/h1-5,11-12,18-19H,6-7H2,(H2,15,20). The van der Waals surface area contributed by atoms with Crippen LogP contribution in [0.1, 0.15) is 5.56 Å². The lowest BCUT2D eigenvalue weighted by molar-refractivity contribution is 0.0572. The van der Waals surface area contributed by atoms with Crippen LogP contribution in [0.25, 0.3) is 10.9 Å². The number of hydrogen-bond donors (Lipinski definition) is 3. The fourth-order valence-corrected chi connectivity index (χ4v) is 2.65. The third kappa shape index (κ3) is 2.22. The minimum Gasteiger partial charge on any atom is -0.389 e. The summed E-state index contributed by atoms with van der Waals surface area (Å²) in [5.41, 5.74) is 7.34. The molecule has 4 N–H and O–H groups in total. The number of nitrogens with zero attached hydrogens (tertiary/aromatic N) is 2. The fourth-order valence-electron chi connectivity index (χ4n) is 2.48. The van der Waals surface area contributed by atoms with Gasteiger partial charge in [-0.25, -0.2) is 4.98 Å². The van der Waals surface area contributed by atoms with Crippen molar-refractivity contribution in [3.63, 3.8) is 0 Å². The summed E-state index contributed by atoms with van der Waals surface area (Å²) in [6.07, 6.45) is -1.51. The van der Waals surface area contributed by atoms with E-state index in [9.17, 15) is 10.2 Å². The molecule has 20 heavy (non-hydrogen) atoms. The van der Waals surface area contributed by atoms with Crippen LogP contribution in [0.2, 0.25) is 0 Å². The second kappa shape index (κ2) is 4.97. The molecule has 0 saturated carbocycles. The van der Waals surface area contributed by atoms with Gasteiger partial charge in [-0.1, -0.05) is 30.4 Å². The van der Waals surface area contributed by atoms with Crippen LogP contribution >= 0.6 is 12.2 Å². The largest absolute Gasteiger partial charge is 0.389 e. The van der Waals surface area contributed by atoms with Crippen molar-refractivity contribution < 1.29 is 10.2 Å². The molecule has 2 heterocycles. The van der Waals surface area contributed by atoms with Gasteiger partial charge in [0.15, 0.2) is 0 Å². The summed E-state index contributed by atoms with van der Waals surface area (Å²) in [4.78, 5) is 6.70. The second-order valence-electron chi connectivity index (χ2n) is 4.95. The number of pyridine rings is 1. The topological polar surface area (TPSA) is 82.6 Å². The first-order valence-corrected chi connectivity index (χ1v) is 6.78. The Kier molecular flexibility index (Phi) is 3.29. The molecule has 0 radical (unpaired) electrons. The van der Waals surface area contributed by atoms with E-state index in [2.05, 4.69) is 4.98 Å². The molecule has 6 heteroatoms. The fraction of sp³-hybridized carbons (Fsp3) is 0.286. The van der Waals surface area contributed by atoms with Crippen molar-refractivity contribution in [2.75, 3.05) is 18.0 Å². The Morgan fingerprint density at radius 2 is 1.90 bits per heavy atom. The molecule has 104 valence electrons. The van der Waals surface area contributed by atoms with Crippen LogP contribution < -0.4 is 10.6 Å². The lowest BCUT2D eigenvalue weighted by Crippen LogP contribution is -2.23. The van der Waals surface area contributed by atoms with E-state index in [1.165, 1.54) is 0 Å². The van der Waals surface area contributed by atoms with Crippen molar-refractivity contribution in [2.24, 2.45) is 5.73 Å². The van der Waals surface area contributed by atoms with E-state index >= 15 is 0 Å². The van der Waals surface area contributed by atoms with Crippen molar-refractivity contribution in [1.29, 1.82) is 0 Å². The first-order valence-electron chi connectivity index (χ1n) is 6.37. The maximum absolute atomic E-state index is 9.65. The molecule has 1 aromatic heterocycles. The van der Waals surface area contributed by atoms with Crippen LogP contribution in [0.3, 0.4) is 0 Å². The van der Waals surface area contributed by atoms with Gasteiger partial charge in [0.25, 0.3) is 0 Å². The smallest absolute Gasteiger partial charge is 0.130 e. The molecule has 5 nitrogen and oxygen atoms in total. The third-order valence-corrected chi connectivity index (χ3v) is 3.77. The molecule has 0 spiro atoms. The molecule has 1 aromatic carbocycles. The highest BCUT2D eigenvalue weighted by atomic mass is 32.1. The first kappa shape index (κ1) is 13.2. The number of rotatable bonds is 2. The Hall–Kier alpha value is -1.76. The van der Waals surface area contributed by atoms with E-state index in [1.807, 2.05) is 35.2 Å². The minimum atomic E-state index is -0.753. The quantitative estimate of drug-likeness (QED) is 0.695. The monoisotopic (exact) mass is 289 g/mol. The van der Waals surface area contributed by atoms with Crippen LogP contribution in [-0.2, 0) is 0 Å². The van der Waals surface area contributed by atoms with Gasteiger partial charge in [0.1, 0.15) is 10.8 Å². The number of β-amino-alcohol motifs (C(OH)–C–C–N with tert-alkyl or cyclic N) is 2. The summed E-state index contributed by atoms with van der Waals surface area (Å²) < 4.78 is 0. The van der Waals surface area contributed by atoms with Crippen molar-refractivity contribution >= 4 is 33.9 Å². The first-order chi connectivity index (χ1) is 9.56. The summed E-state index contributed by atoms with van der Waals surface area (Å²) in [6.45, 7) is 0.701. The lowest BCUT2D eigenvalue weighted by atomic mass is 10.1.